The minimum Gasteiger partial charge on any atom is -0.468 e. The Morgan fingerprint density at radius 3 is 2.44 bits per heavy atom. The summed E-state index contributed by atoms with van der Waals surface area (Å²) in [4.78, 5) is 25.1. The molecule has 0 aliphatic rings. The van der Waals surface area contributed by atoms with Gasteiger partial charge in [-0.3, -0.25) is 19.8 Å². The number of hydrogen-bond acceptors (Lipinski definition) is 5. The Morgan fingerprint density at radius 2 is 1.74 bits per heavy atom. The number of hydrogen-bond donors (Lipinski definition) is 1. The van der Waals surface area contributed by atoms with Crippen molar-refractivity contribution in [2.24, 2.45) is 0 Å². The Kier molecular flexibility index (Phi) is 5.96. The first-order valence-corrected chi connectivity index (χ1v) is 8.44. The molecule has 0 saturated heterocycles. The lowest BCUT2D eigenvalue weighted by molar-refractivity contribution is -0.385. The third kappa shape index (κ3) is 5.26. The van der Waals surface area contributed by atoms with Crippen molar-refractivity contribution in [3.05, 3.63) is 94.4 Å². The van der Waals surface area contributed by atoms with E-state index in [1.165, 1.54) is 6.07 Å². The maximum absolute atomic E-state index is 12.4. The van der Waals surface area contributed by atoms with Crippen LogP contribution in [-0.4, -0.2) is 22.3 Å². The van der Waals surface area contributed by atoms with Crippen LogP contribution < -0.4 is 5.32 Å². The number of nitrogens with zero attached hydrogens (tertiary/aromatic N) is 2. The average Bonchev–Trinajstić information content (AvgIpc) is 3.15. The first kappa shape index (κ1) is 18.3. The highest BCUT2D eigenvalue weighted by molar-refractivity contribution is 5.92. The molecule has 0 bridgehead atoms. The zero-order chi connectivity index (χ0) is 19.1. The highest BCUT2D eigenvalue weighted by atomic mass is 16.6. The van der Waals surface area contributed by atoms with Crippen LogP contribution in [0.1, 0.15) is 11.3 Å². The fourth-order valence-electron chi connectivity index (χ4n) is 2.78. The summed E-state index contributed by atoms with van der Waals surface area (Å²) < 4.78 is 5.37. The first-order valence-electron chi connectivity index (χ1n) is 8.44. The standard InChI is InChI=1S/C20H19N3O4/c24-20(21-17-8-2-1-3-9-17)15-22(14-18-10-6-12-27-18)13-16-7-4-5-11-19(16)23(25)26/h1-12H,13-15H2,(H,21,24). The van der Waals surface area contributed by atoms with Crippen molar-refractivity contribution >= 4 is 17.3 Å². The molecule has 1 heterocycles. The van der Waals surface area contributed by atoms with Crippen molar-refractivity contribution in [2.45, 2.75) is 13.1 Å². The summed E-state index contributed by atoms with van der Waals surface area (Å²) >= 11 is 0. The van der Waals surface area contributed by atoms with Gasteiger partial charge in [0.1, 0.15) is 5.76 Å². The second kappa shape index (κ2) is 8.77. The summed E-state index contributed by atoms with van der Waals surface area (Å²) in [5.74, 6) is 0.479. The Bertz CT molecular complexity index is 895. The van der Waals surface area contributed by atoms with Gasteiger partial charge >= 0.3 is 0 Å². The van der Waals surface area contributed by atoms with Crippen molar-refractivity contribution in [2.75, 3.05) is 11.9 Å². The van der Waals surface area contributed by atoms with E-state index in [1.807, 2.05) is 24.3 Å². The molecule has 3 rings (SSSR count). The van der Waals surface area contributed by atoms with Crippen molar-refractivity contribution < 1.29 is 14.1 Å². The van der Waals surface area contributed by atoms with Crippen molar-refractivity contribution in [3.8, 4) is 0 Å². The SMILES string of the molecule is O=C(CN(Cc1ccco1)Cc1ccccc1[N+](=O)[O-])Nc1ccccc1. The maximum atomic E-state index is 12.4. The van der Waals surface area contributed by atoms with E-state index in [0.717, 1.165) is 0 Å². The lowest BCUT2D eigenvalue weighted by atomic mass is 10.1. The number of carbonyl (C=O) groups is 1. The summed E-state index contributed by atoms with van der Waals surface area (Å²) in [5.41, 5.74) is 1.28. The normalized spacial score (nSPS) is 10.7. The Hall–Kier alpha value is -3.45. The van der Waals surface area contributed by atoms with Crippen LogP contribution in [0.4, 0.5) is 11.4 Å². The minimum atomic E-state index is -0.412. The van der Waals surface area contributed by atoms with Crippen LogP contribution in [0.25, 0.3) is 0 Å². The highest BCUT2D eigenvalue weighted by Crippen LogP contribution is 2.20. The molecule has 138 valence electrons. The molecule has 0 saturated carbocycles. The zero-order valence-electron chi connectivity index (χ0n) is 14.6. The number of furan rings is 1. The molecule has 1 N–H and O–H groups in total. The van der Waals surface area contributed by atoms with E-state index < -0.39 is 4.92 Å². The van der Waals surface area contributed by atoms with Crippen molar-refractivity contribution in [3.63, 3.8) is 0 Å². The first-order chi connectivity index (χ1) is 13.1. The molecule has 1 aromatic heterocycles. The number of nitro benzene ring substituents is 1. The summed E-state index contributed by atoms with van der Waals surface area (Å²) in [7, 11) is 0. The molecule has 2 aromatic carbocycles. The number of para-hydroxylation sites is 2. The summed E-state index contributed by atoms with van der Waals surface area (Å²) in [6.07, 6.45) is 1.56. The third-order valence-electron chi connectivity index (χ3n) is 3.97. The molecule has 0 fully saturated rings. The number of nitrogens with one attached hydrogen (secondary N) is 1. The van der Waals surface area contributed by atoms with Crippen molar-refractivity contribution in [1.82, 2.24) is 4.90 Å². The number of benzene rings is 2. The molecular weight excluding hydrogens is 346 g/mol. The predicted molar refractivity (Wildman–Crippen MR) is 101 cm³/mol. The Balaban J connectivity index is 1.75. The van der Waals surface area contributed by atoms with Gasteiger partial charge in [-0.25, -0.2) is 0 Å². The highest BCUT2D eigenvalue weighted by Gasteiger charge is 2.19. The van der Waals surface area contributed by atoms with Crippen LogP contribution in [0.15, 0.2) is 77.4 Å². The van der Waals surface area contributed by atoms with Gasteiger partial charge in [-0.2, -0.15) is 0 Å². The van der Waals surface area contributed by atoms with Gasteiger partial charge in [-0.1, -0.05) is 36.4 Å². The number of rotatable bonds is 8. The molecule has 7 heteroatoms. The topological polar surface area (TPSA) is 88.6 Å². The largest absolute Gasteiger partial charge is 0.468 e. The third-order valence-corrected chi connectivity index (χ3v) is 3.97. The second-order valence-electron chi connectivity index (χ2n) is 6.02. The number of nitro groups is 1. The Morgan fingerprint density at radius 1 is 1.00 bits per heavy atom. The van der Waals surface area contributed by atoms with Crippen LogP contribution >= 0.6 is 0 Å². The molecule has 0 unspecified atom stereocenters. The lowest BCUT2D eigenvalue weighted by Gasteiger charge is -2.21. The van der Waals surface area contributed by atoms with Gasteiger partial charge in [0.25, 0.3) is 5.69 Å². The smallest absolute Gasteiger partial charge is 0.273 e. The van der Waals surface area contributed by atoms with Crippen LogP contribution in [-0.2, 0) is 17.9 Å². The summed E-state index contributed by atoms with van der Waals surface area (Å²) in [5, 5.41) is 14.1. The summed E-state index contributed by atoms with van der Waals surface area (Å²) in [6.45, 7) is 0.683. The van der Waals surface area contributed by atoms with Crippen LogP contribution in [0.5, 0.6) is 0 Å². The average molecular weight is 365 g/mol. The fourth-order valence-corrected chi connectivity index (χ4v) is 2.78. The molecule has 0 aliphatic heterocycles. The van der Waals surface area contributed by atoms with Crippen LogP contribution in [0.3, 0.4) is 0 Å². The fraction of sp³-hybridized carbons (Fsp3) is 0.150. The van der Waals surface area contributed by atoms with Gasteiger partial charge in [0.15, 0.2) is 0 Å². The van der Waals surface area contributed by atoms with Gasteiger partial charge in [0.2, 0.25) is 5.91 Å². The zero-order valence-corrected chi connectivity index (χ0v) is 14.6. The van der Waals surface area contributed by atoms with E-state index in [1.54, 1.807) is 47.6 Å². The molecule has 0 atom stereocenters. The van der Waals surface area contributed by atoms with E-state index in [9.17, 15) is 14.9 Å². The Labute approximate surface area is 156 Å². The van der Waals surface area contributed by atoms with E-state index >= 15 is 0 Å². The molecular formula is C20H19N3O4. The van der Waals surface area contributed by atoms with Gasteiger partial charge < -0.3 is 9.73 Å². The van der Waals surface area contributed by atoms with Gasteiger partial charge in [0.05, 0.1) is 24.3 Å². The van der Waals surface area contributed by atoms with Gasteiger partial charge in [-0.05, 0) is 24.3 Å². The molecule has 27 heavy (non-hydrogen) atoms. The lowest BCUT2D eigenvalue weighted by Crippen LogP contribution is -2.32. The number of amides is 1. The van der Waals surface area contributed by atoms with Crippen LogP contribution in [0, 0.1) is 10.1 Å². The van der Waals surface area contributed by atoms with E-state index in [0.29, 0.717) is 23.6 Å². The second-order valence-corrected chi connectivity index (χ2v) is 6.02. The molecule has 0 aliphatic carbocycles. The molecule has 0 spiro atoms. The number of carbonyl (C=O) groups excluding carboxylic acids is 1. The molecule has 7 nitrogen and oxygen atoms in total. The van der Waals surface area contributed by atoms with E-state index in [-0.39, 0.29) is 24.7 Å². The quantitative estimate of drug-likeness (QED) is 0.484. The molecule has 0 radical (unpaired) electrons. The van der Waals surface area contributed by atoms with E-state index in [2.05, 4.69) is 5.32 Å². The monoisotopic (exact) mass is 365 g/mol. The van der Waals surface area contributed by atoms with Gasteiger partial charge in [0, 0.05) is 23.9 Å². The number of anilines is 1. The maximum Gasteiger partial charge on any atom is 0.273 e. The predicted octanol–water partition coefficient (Wildman–Crippen LogP) is 3.83. The minimum absolute atomic E-state index is 0.0328. The molecule has 1 amide bonds. The molecule has 3 aromatic rings. The van der Waals surface area contributed by atoms with E-state index in [4.69, 9.17) is 4.42 Å². The van der Waals surface area contributed by atoms with Crippen molar-refractivity contribution in [1.29, 1.82) is 0 Å². The van der Waals surface area contributed by atoms with Gasteiger partial charge in [-0.15, -0.1) is 0 Å². The van der Waals surface area contributed by atoms with Crippen LogP contribution in [0.2, 0.25) is 0 Å². The summed E-state index contributed by atoms with van der Waals surface area (Å²) in [6, 6.07) is 19.3.